The first-order valence-corrected chi connectivity index (χ1v) is 10.6. The highest BCUT2D eigenvalue weighted by atomic mass is 32.2. The minimum Gasteiger partial charge on any atom is -0.367 e. The Kier molecular flexibility index (Phi) is 4.78. The number of piperazine rings is 2. The first kappa shape index (κ1) is 17.1. The van der Waals surface area contributed by atoms with E-state index in [2.05, 4.69) is 63.0 Å². The van der Waals surface area contributed by atoms with Crippen LogP contribution in [0.15, 0.2) is 51.2 Å². The molecule has 0 saturated carbocycles. The van der Waals surface area contributed by atoms with Gasteiger partial charge in [-0.1, -0.05) is 23.9 Å². The van der Waals surface area contributed by atoms with Crippen LogP contribution < -0.4 is 20.4 Å². The maximum Gasteiger partial charge on any atom is 0.0769 e. The van der Waals surface area contributed by atoms with Crippen LogP contribution in [-0.2, 0) is 0 Å². The fourth-order valence-electron chi connectivity index (χ4n) is 4.08. The second-order valence-electron chi connectivity index (χ2n) is 7.15. The molecule has 2 aromatic rings. The summed E-state index contributed by atoms with van der Waals surface area (Å²) in [5.41, 5.74) is 5.05. The number of para-hydroxylation sites is 1. The van der Waals surface area contributed by atoms with Crippen molar-refractivity contribution >= 4 is 35.0 Å². The van der Waals surface area contributed by atoms with Crippen molar-refractivity contribution in [1.29, 1.82) is 0 Å². The van der Waals surface area contributed by atoms with E-state index in [9.17, 15) is 0 Å². The van der Waals surface area contributed by atoms with Gasteiger partial charge in [0.05, 0.1) is 17.1 Å². The third-order valence-electron chi connectivity index (χ3n) is 5.46. The van der Waals surface area contributed by atoms with Crippen molar-refractivity contribution in [2.75, 3.05) is 62.2 Å². The largest absolute Gasteiger partial charge is 0.367 e. The van der Waals surface area contributed by atoms with E-state index in [1.165, 1.54) is 26.7 Å². The molecule has 3 heterocycles. The zero-order valence-corrected chi connectivity index (χ0v) is 16.3. The Hall–Kier alpha value is -2.02. The average Bonchev–Trinajstić information content (AvgIpc) is 2.93. The minimum absolute atomic E-state index is 1.04. The summed E-state index contributed by atoms with van der Waals surface area (Å²) >= 11 is 1.84. The molecular formula is C21H25N5S. The predicted octanol–water partition coefficient (Wildman–Crippen LogP) is 2.72. The molecule has 6 heteroatoms. The van der Waals surface area contributed by atoms with E-state index in [1.807, 2.05) is 11.8 Å². The van der Waals surface area contributed by atoms with Crippen molar-refractivity contribution in [1.82, 2.24) is 10.6 Å². The standard InChI is InChI=1S/C21H25N5S/c1-2-4-20-17(3-1)24-15-16-19(27-20)6-5-18(25-11-7-22-8-12-25)21(16)26-13-9-23-10-14-26/h1-6,15,22-23H,7-14H2. The molecule has 0 unspecified atom stereocenters. The molecule has 2 saturated heterocycles. The molecule has 0 spiro atoms. The van der Waals surface area contributed by atoms with Crippen molar-refractivity contribution in [2.45, 2.75) is 9.79 Å². The van der Waals surface area contributed by atoms with Crippen molar-refractivity contribution in [3.8, 4) is 0 Å². The number of hydrogen-bond acceptors (Lipinski definition) is 6. The fraction of sp³-hybridized carbons (Fsp3) is 0.381. The van der Waals surface area contributed by atoms with E-state index in [1.54, 1.807) is 0 Å². The summed E-state index contributed by atoms with van der Waals surface area (Å²) in [5, 5.41) is 6.96. The van der Waals surface area contributed by atoms with E-state index >= 15 is 0 Å². The van der Waals surface area contributed by atoms with Gasteiger partial charge in [-0.2, -0.15) is 0 Å². The predicted molar refractivity (Wildman–Crippen MR) is 114 cm³/mol. The summed E-state index contributed by atoms with van der Waals surface area (Å²) in [4.78, 5) is 12.5. The molecule has 3 aliphatic heterocycles. The van der Waals surface area contributed by atoms with Crippen LogP contribution in [0.2, 0.25) is 0 Å². The SMILES string of the molecule is C1=Nc2ccccc2Sc2ccc(N3CCNCC3)c(N3CCNCC3)c21. The zero-order valence-electron chi connectivity index (χ0n) is 15.4. The van der Waals surface area contributed by atoms with Crippen molar-refractivity contribution < 1.29 is 0 Å². The van der Waals surface area contributed by atoms with Crippen LogP contribution in [0.5, 0.6) is 0 Å². The van der Waals surface area contributed by atoms with Crippen LogP contribution >= 0.6 is 11.8 Å². The third kappa shape index (κ3) is 3.33. The van der Waals surface area contributed by atoms with Crippen molar-refractivity contribution in [3.63, 3.8) is 0 Å². The van der Waals surface area contributed by atoms with Crippen molar-refractivity contribution in [2.24, 2.45) is 4.99 Å². The summed E-state index contributed by atoms with van der Waals surface area (Å²) in [5.74, 6) is 0. The van der Waals surface area contributed by atoms with Gasteiger partial charge < -0.3 is 20.4 Å². The number of anilines is 2. The van der Waals surface area contributed by atoms with Gasteiger partial charge in [-0.3, -0.25) is 4.99 Å². The lowest BCUT2D eigenvalue weighted by molar-refractivity contribution is 0.577. The highest BCUT2D eigenvalue weighted by molar-refractivity contribution is 7.99. The van der Waals surface area contributed by atoms with Crippen LogP contribution in [0.1, 0.15) is 5.56 Å². The Morgan fingerprint density at radius 2 is 1.48 bits per heavy atom. The maximum atomic E-state index is 4.85. The van der Waals surface area contributed by atoms with Crippen LogP contribution in [0.3, 0.4) is 0 Å². The van der Waals surface area contributed by atoms with E-state index in [0.717, 1.165) is 58.0 Å². The van der Waals surface area contributed by atoms with Gasteiger partial charge in [0.15, 0.2) is 0 Å². The number of fused-ring (bicyclic) bond motifs is 2. The lowest BCUT2D eigenvalue weighted by Gasteiger charge is -2.37. The van der Waals surface area contributed by atoms with Gasteiger partial charge in [0.1, 0.15) is 0 Å². The number of rotatable bonds is 2. The van der Waals surface area contributed by atoms with Crippen LogP contribution in [0.25, 0.3) is 0 Å². The second-order valence-corrected chi connectivity index (χ2v) is 8.23. The minimum atomic E-state index is 1.04. The first-order valence-electron chi connectivity index (χ1n) is 9.79. The van der Waals surface area contributed by atoms with Crippen LogP contribution in [0.4, 0.5) is 17.1 Å². The highest BCUT2D eigenvalue weighted by Gasteiger charge is 2.25. The lowest BCUT2D eigenvalue weighted by atomic mass is 10.1. The molecule has 5 rings (SSSR count). The van der Waals surface area contributed by atoms with Gasteiger partial charge in [0, 0.05) is 73.9 Å². The van der Waals surface area contributed by atoms with Crippen molar-refractivity contribution in [3.05, 3.63) is 42.0 Å². The molecule has 2 N–H and O–H groups in total. The number of nitrogens with one attached hydrogen (secondary N) is 2. The Morgan fingerprint density at radius 3 is 2.26 bits per heavy atom. The molecule has 5 nitrogen and oxygen atoms in total. The molecule has 27 heavy (non-hydrogen) atoms. The molecule has 0 aliphatic carbocycles. The molecule has 3 aliphatic rings. The number of hydrogen-bond donors (Lipinski definition) is 2. The normalized spacial score (nSPS) is 19.4. The van der Waals surface area contributed by atoms with E-state index < -0.39 is 0 Å². The van der Waals surface area contributed by atoms with Crippen LogP contribution in [-0.4, -0.2) is 58.6 Å². The van der Waals surface area contributed by atoms with E-state index in [4.69, 9.17) is 4.99 Å². The Balaban J connectivity index is 1.63. The van der Waals surface area contributed by atoms with Gasteiger partial charge in [-0.05, 0) is 24.3 Å². The molecule has 140 valence electrons. The molecule has 0 radical (unpaired) electrons. The highest BCUT2D eigenvalue weighted by Crippen LogP contribution is 2.44. The summed E-state index contributed by atoms with van der Waals surface area (Å²) < 4.78 is 0. The first-order chi connectivity index (χ1) is 13.4. The van der Waals surface area contributed by atoms with E-state index in [0.29, 0.717) is 0 Å². The smallest absolute Gasteiger partial charge is 0.0769 e. The van der Waals surface area contributed by atoms with Gasteiger partial charge in [-0.25, -0.2) is 0 Å². The molecule has 0 atom stereocenters. The summed E-state index contributed by atoms with van der Waals surface area (Å²) in [6.07, 6.45) is 2.09. The molecule has 0 bridgehead atoms. The number of nitrogens with zero attached hydrogens (tertiary/aromatic N) is 3. The van der Waals surface area contributed by atoms with Crippen LogP contribution in [0, 0.1) is 0 Å². The lowest BCUT2D eigenvalue weighted by Crippen LogP contribution is -2.47. The van der Waals surface area contributed by atoms with Gasteiger partial charge >= 0.3 is 0 Å². The number of aliphatic imine (C=N–C) groups is 1. The molecule has 2 aromatic carbocycles. The number of benzene rings is 2. The second kappa shape index (κ2) is 7.54. The van der Waals surface area contributed by atoms with E-state index in [-0.39, 0.29) is 0 Å². The quantitative estimate of drug-likeness (QED) is 0.717. The zero-order chi connectivity index (χ0) is 18.1. The molecule has 2 fully saturated rings. The Morgan fingerprint density at radius 1 is 0.778 bits per heavy atom. The molecular weight excluding hydrogens is 354 g/mol. The van der Waals surface area contributed by atoms with Gasteiger partial charge in [0.2, 0.25) is 0 Å². The Bertz CT molecular complexity index is 854. The fourth-order valence-corrected chi connectivity index (χ4v) is 5.08. The Labute approximate surface area is 164 Å². The summed E-state index contributed by atoms with van der Waals surface area (Å²) in [6.45, 7) is 8.37. The third-order valence-corrected chi connectivity index (χ3v) is 6.61. The maximum absolute atomic E-state index is 4.85. The molecule has 0 aromatic heterocycles. The molecule has 0 amide bonds. The van der Waals surface area contributed by atoms with Gasteiger partial charge in [0.25, 0.3) is 0 Å². The monoisotopic (exact) mass is 379 g/mol. The van der Waals surface area contributed by atoms with Gasteiger partial charge in [-0.15, -0.1) is 0 Å². The summed E-state index contributed by atoms with van der Waals surface area (Å²) in [7, 11) is 0. The average molecular weight is 380 g/mol. The topological polar surface area (TPSA) is 42.9 Å². The summed E-state index contributed by atoms with van der Waals surface area (Å²) in [6, 6.07) is 13.1.